The van der Waals surface area contributed by atoms with Gasteiger partial charge in [0.05, 0.1) is 29.0 Å². The minimum absolute atomic E-state index is 0.0492. The summed E-state index contributed by atoms with van der Waals surface area (Å²) in [5.41, 5.74) is 0.114. The number of sulfone groups is 1. The van der Waals surface area contributed by atoms with Crippen molar-refractivity contribution in [3.05, 3.63) is 41.3 Å². The highest BCUT2D eigenvalue weighted by Gasteiger charge is 2.36. The highest BCUT2D eigenvalue weighted by Crippen LogP contribution is 2.41. The number of halogens is 4. The van der Waals surface area contributed by atoms with Crippen LogP contribution in [0.2, 0.25) is 5.02 Å². The summed E-state index contributed by atoms with van der Waals surface area (Å²) in [6.07, 6.45) is -1.11. The van der Waals surface area contributed by atoms with Gasteiger partial charge in [-0.25, -0.2) is 23.4 Å². The number of nitrogens with zero attached hydrogens (tertiary/aromatic N) is 6. The molecule has 0 unspecified atom stereocenters. The molecule has 188 valence electrons. The highest BCUT2D eigenvalue weighted by atomic mass is 35.5. The molecule has 16 heteroatoms. The van der Waals surface area contributed by atoms with E-state index in [2.05, 4.69) is 29.9 Å². The van der Waals surface area contributed by atoms with Gasteiger partial charge in [0, 0.05) is 32.1 Å². The van der Waals surface area contributed by atoms with Crippen LogP contribution in [0.4, 0.5) is 13.2 Å². The van der Waals surface area contributed by atoms with Gasteiger partial charge in [-0.05, 0) is 6.07 Å². The van der Waals surface area contributed by atoms with E-state index in [9.17, 15) is 21.6 Å². The lowest BCUT2D eigenvalue weighted by Crippen LogP contribution is -2.25. The summed E-state index contributed by atoms with van der Waals surface area (Å²) in [6.45, 7) is -0.120. The van der Waals surface area contributed by atoms with E-state index < -0.39 is 33.9 Å². The third kappa shape index (κ3) is 5.97. The van der Waals surface area contributed by atoms with E-state index in [1.165, 1.54) is 30.1 Å². The normalized spacial score (nSPS) is 15.6. The molecule has 0 N–H and O–H groups in total. The van der Waals surface area contributed by atoms with Crippen LogP contribution in [0, 0.1) is 0 Å². The van der Waals surface area contributed by atoms with Crippen molar-refractivity contribution in [2.75, 3.05) is 26.1 Å². The minimum Gasteiger partial charge on any atom is -0.485 e. The summed E-state index contributed by atoms with van der Waals surface area (Å²) in [5, 5.41) is 8.39. The van der Waals surface area contributed by atoms with E-state index >= 15 is 0 Å². The molecule has 0 aliphatic carbocycles. The Morgan fingerprint density at radius 2 is 1.97 bits per heavy atom. The lowest BCUT2D eigenvalue weighted by molar-refractivity contribution is -0.276. The predicted octanol–water partition coefficient (Wildman–Crippen LogP) is 2.42. The van der Waals surface area contributed by atoms with Crippen LogP contribution in [0.5, 0.6) is 11.6 Å². The summed E-state index contributed by atoms with van der Waals surface area (Å²) in [6, 6.07) is 0.741. The lowest BCUT2D eigenvalue weighted by Gasteiger charge is -2.19. The molecule has 1 atom stereocenters. The van der Waals surface area contributed by atoms with E-state index in [1.54, 1.807) is 0 Å². The first-order chi connectivity index (χ1) is 16.6. The Bertz CT molecular complexity index is 1300. The third-order valence-electron chi connectivity index (χ3n) is 4.90. The molecule has 1 aliphatic heterocycles. The summed E-state index contributed by atoms with van der Waals surface area (Å²) in [4.78, 5) is 11.6. The van der Waals surface area contributed by atoms with Crippen molar-refractivity contribution in [1.29, 1.82) is 0 Å². The molecular weight excluding hydrogens is 517 g/mol. The molecule has 1 aliphatic rings. The summed E-state index contributed by atoms with van der Waals surface area (Å²) in [5.74, 6) is -1.36. The van der Waals surface area contributed by atoms with Gasteiger partial charge in [-0.1, -0.05) is 11.6 Å². The van der Waals surface area contributed by atoms with Gasteiger partial charge in [-0.15, -0.1) is 23.4 Å². The maximum atomic E-state index is 12.9. The van der Waals surface area contributed by atoms with E-state index in [0.717, 1.165) is 6.20 Å². The van der Waals surface area contributed by atoms with E-state index in [0.29, 0.717) is 10.8 Å². The van der Waals surface area contributed by atoms with Crippen LogP contribution in [-0.2, 0) is 26.7 Å². The van der Waals surface area contributed by atoms with Crippen molar-refractivity contribution < 1.29 is 35.8 Å². The summed E-state index contributed by atoms with van der Waals surface area (Å²) in [7, 11) is -2.29. The van der Waals surface area contributed by atoms with Crippen LogP contribution in [0.25, 0.3) is 11.4 Å². The number of aromatic nitrogens is 6. The summed E-state index contributed by atoms with van der Waals surface area (Å²) >= 11 is 5.74. The molecule has 0 saturated carbocycles. The Balaban J connectivity index is 1.66. The maximum Gasteiger partial charge on any atom is 0.574 e. The number of ether oxygens (including phenoxy) is 3. The Labute approximate surface area is 202 Å². The average molecular weight is 535 g/mol. The molecule has 11 nitrogen and oxygen atoms in total. The molecule has 0 spiro atoms. The fourth-order valence-corrected chi connectivity index (χ4v) is 4.79. The molecular formula is C19H18ClF3N6O5S. The second-order valence-electron chi connectivity index (χ2n) is 7.43. The largest absolute Gasteiger partial charge is 0.574 e. The second kappa shape index (κ2) is 9.91. The zero-order valence-corrected chi connectivity index (χ0v) is 19.6. The fraction of sp³-hybridized carbons (Fsp3) is 0.421. The van der Waals surface area contributed by atoms with Crippen LogP contribution in [-0.4, -0.2) is 70.6 Å². The van der Waals surface area contributed by atoms with Crippen molar-refractivity contribution in [2.45, 2.75) is 24.6 Å². The molecule has 0 fully saturated rings. The Hall–Kier alpha value is -3.04. The Morgan fingerprint density at radius 1 is 1.23 bits per heavy atom. The van der Waals surface area contributed by atoms with Crippen LogP contribution in [0.3, 0.4) is 0 Å². The second-order valence-corrected chi connectivity index (χ2v) is 10.1. The highest BCUT2D eigenvalue weighted by molar-refractivity contribution is 7.90. The predicted molar refractivity (Wildman–Crippen MR) is 115 cm³/mol. The van der Waals surface area contributed by atoms with Gasteiger partial charge in [0.1, 0.15) is 24.0 Å². The minimum atomic E-state index is -5.00. The fourth-order valence-electron chi connectivity index (χ4n) is 3.47. The monoisotopic (exact) mass is 534 g/mol. The van der Waals surface area contributed by atoms with Gasteiger partial charge in [0.15, 0.2) is 21.4 Å². The summed E-state index contributed by atoms with van der Waals surface area (Å²) < 4.78 is 80.6. The zero-order chi connectivity index (χ0) is 25.2. The van der Waals surface area contributed by atoms with Crippen molar-refractivity contribution in [3.63, 3.8) is 0 Å². The Kier molecular flexibility index (Phi) is 7.10. The number of rotatable bonds is 8. The molecule has 0 saturated heterocycles. The molecule has 3 aromatic heterocycles. The Morgan fingerprint density at radius 3 is 2.66 bits per heavy atom. The molecule has 35 heavy (non-hydrogen) atoms. The van der Waals surface area contributed by atoms with Gasteiger partial charge in [-0.2, -0.15) is 0 Å². The number of hydrogen-bond acceptors (Lipinski definition) is 10. The zero-order valence-electron chi connectivity index (χ0n) is 18.1. The topological polar surface area (TPSA) is 131 Å². The number of fused-ring (bicyclic) bond motifs is 3. The van der Waals surface area contributed by atoms with Crippen LogP contribution >= 0.6 is 11.6 Å². The number of alkyl halides is 3. The van der Waals surface area contributed by atoms with Gasteiger partial charge in [-0.3, -0.25) is 0 Å². The number of hydrogen-bond donors (Lipinski definition) is 0. The molecule has 0 bridgehead atoms. The molecule has 0 radical (unpaired) electrons. The number of aryl methyl sites for hydroxylation is 1. The van der Waals surface area contributed by atoms with Crippen LogP contribution in [0.1, 0.15) is 17.7 Å². The van der Waals surface area contributed by atoms with Gasteiger partial charge < -0.3 is 18.8 Å². The smallest absolute Gasteiger partial charge is 0.485 e. The van der Waals surface area contributed by atoms with E-state index in [1.807, 2.05) is 0 Å². The number of pyridine rings is 1. The maximum absolute atomic E-state index is 12.9. The molecule has 4 heterocycles. The van der Waals surface area contributed by atoms with Crippen LogP contribution < -0.4 is 9.47 Å². The molecule has 0 amide bonds. The first-order valence-electron chi connectivity index (χ1n) is 10.0. The first kappa shape index (κ1) is 25.1. The third-order valence-corrected chi connectivity index (χ3v) is 6.61. The van der Waals surface area contributed by atoms with Crippen molar-refractivity contribution in [2.24, 2.45) is 0 Å². The standard InChI is InChI=1S/C19H18ClF3N6O5S/c1-32-8-12-9-33-16-13(2-4-24-18(16)34-19(21,22)23)17-28-27-15(29(12)17)10-35(30,31)5-3-14-25-6-11(20)7-26-14/h2,4,6-7,12H,3,5,8-10H2,1H3/t12-/m0/s1. The molecule has 4 rings (SSSR count). The van der Waals surface area contributed by atoms with Crippen LogP contribution in [0.15, 0.2) is 24.7 Å². The molecule has 3 aromatic rings. The average Bonchev–Trinajstić information content (AvgIpc) is 3.10. The van der Waals surface area contributed by atoms with E-state index in [-0.39, 0.29) is 48.3 Å². The van der Waals surface area contributed by atoms with Crippen molar-refractivity contribution in [1.82, 2.24) is 29.7 Å². The van der Waals surface area contributed by atoms with Gasteiger partial charge in [0.2, 0.25) is 0 Å². The number of methoxy groups -OCH3 is 1. The first-order valence-corrected chi connectivity index (χ1v) is 12.2. The quantitative estimate of drug-likeness (QED) is 0.424. The van der Waals surface area contributed by atoms with Crippen molar-refractivity contribution in [3.8, 4) is 23.0 Å². The van der Waals surface area contributed by atoms with Gasteiger partial charge >= 0.3 is 6.36 Å². The molecule has 0 aromatic carbocycles. The SMILES string of the molecule is COC[C@H]1COc2c(ccnc2OC(F)(F)F)-c2nnc(CS(=O)(=O)CCc3ncc(Cl)cn3)n21. The van der Waals surface area contributed by atoms with E-state index in [4.69, 9.17) is 21.1 Å². The van der Waals surface area contributed by atoms with Gasteiger partial charge in [0.25, 0.3) is 5.88 Å². The lowest BCUT2D eigenvalue weighted by atomic mass is 10.2. The van der Waals surface area contributed by atoms with Crippen molar-refractivity contribution >= 4 is 21.4 Å².